The van der Waals surface area contributed by atoms with Gasteiger partial charge in [-0.3, -0.25) is 0 Å². The number of carbonyl (C=O) groups excluding carboxylic acids is 1. The van der Waals surface area contributed by atoms with E-state index in [0.717, 1.165) is 5.57 Å². The summed E-state index contributed by atoms with van der Waals surface area (Å²) in [5.74, 6) is 0.829. The molecule has 1 heterocycles. The summed E-state index contributed by atoms with van der Waals surface area (Å²) in [6, 6.07) is 0. The standard InChI is InChI=1S/C11H18O3/c1-6-7(2)9(4)14-10(8(6)3)11(12)13-5/h6-7,9H,1-5H3/t6-,7-,9+/m1/s1. The lowest BCUT2D eigenvalue weighted by atomic mass is 9.83. The van der Waals surface area contributed by atoms with E-state index in [1.165, 1.54) is 7.11 Å². The quantitative estimate of drug-likeness (QED) is 0.605. The van der Waals surface area contributed by atoms with E-state index in [-0.39, 0.29) is 12.1 Å². The summed E-state index contributed by atoms with van der Waals surface area (Å²) in [4.78, 5) is 11.4. The molecule has 80 valence electrons. The maximum atomic E-state index is 11.4. The lowest BCUT2D eigenvalue weighted by Gasteiger charge is -2.34. The highest BCUT2D eigenvalue weighted by Crippen LogP contribution is 2.33. The molecule has 0 N–H and O–H groups in total. The number of carbonyl (C=O) groups is 1. The van der Waals surface area contributed by atoms with Crippen molar-refractivity contribution >= 4 is 5.97 Å². The van der Waals surface area contributed by atoms with Gasteiger partial charge in [-0.25, -0.2) is 4.79 Å². The Labute approximate surface area is 85.1 Å². The van der Waals surface area contributed by atoms with Crippen LogP contribution in [0.25, 0.3) is 0 Å². The second kappa shape index (κ2) is 4.03. The largest absolute Gasteiger partial charge is 0.483 e. The van der Waals surface area contributed by atoms with Crippen molar-refractivity contribution in [3.05, 3.63) is 11.3 Å². The smallest absolute Gasteiger partial charge is 0.373 e. The molecule has 1 rings (SSSR count). The third kappa shape index (κ3) is 1.76. The van der Waals surface area contributed by atoms with Gasteiger partial charge in [0.15, 0.2) is 0 Å². The van der Waals surface area contributed by atoms with Crippen LogP contribution in [-0.2, 0) is 14.3 Å². The van der Waals surface area contributed by atoms with Crippen LogP contribution in [0.5, 0.6) is 0 Å². The van der Waals surface area contributed by atoms with Crippen molar-refractivity contribution in [2.24, 2.45) is 11.8 Å². The number of hydrogen-bond acceptors (Lipinski definition) is 3. The van der Waals surface area contributed by atoms with Gasteiger partial charge in [0.2, 0.25) is 5.76 Å². The van der Waals surface area contributed by atoms with Crippen molar-refractivity contribution in [2.75, 3.05) is 7.11 Å². The fourth-order valence-corrected chi connectivity index (χ4v) is 1.70. The zero-order chi connectivity index (χ0) is 10.9. The van der Waals surface area contributed by atoms with Gasteiger partial charge < -0.3 is 9.47 Å². The minimum atomic E-state index is -0.367. The molecule has 3 heteroatoms. The topological polar surface area (TPSA) is 35.5 Å². The van der Waals surface area contributed by atoms with Crippen LogP contribution in [0.15, 0.2) is 11.3 Å². The number of rotatable bonds is 1. The van der Waals surface area contributed by atoms with Crippen LogP contribution in [-0.4, -0.2) is 19.2 Å². The second-order valence-electron chi connectivity index (χ2n) is 3.97. The molecule has 0 unspecified atom stereocenters. The molecule has 0 radical (unpaired) electrons. The summed E-state index contributed by atoms with van der Waals surface area (Å²) in [5, 5.41) is 0. The molecule has 14 heavy (non-hydrogen) atoms. The molecular weight excluding hydrogens is 180 g/mol. The highest BCUT2D eigenvalue weighted by atomic mass is 16.6. The zero-order valence-corrected chi connectivity index (χ0v) is 9.46. The van der Waals surface area contributed by atoms with Crippen molar-refractivity contribution in [1.82, 2.24) is 0 Å². The summed E-state index contributed by atoms with van der Waals surface area (Å²) in [6.07, 6.45) is 0.0720. The third-order valence-corrected chi connectivity index (χ3v) is 3.24. The number of esters is 1. The molecule has 3 atom stereocenters. The minimum Gasteiger partial charge on any atom is -0.483 e. The Balaban J connectivity index is 2.99. The predicted molar refractivity (Wildman–Crippen MR) is 53.6 cm³/mol. The van der Waals surface area contributed by atoms with Crippen molar-refractivity contribution in [3.8, 4) is 0 Å². The van der Waals surface area contributed by atoms with Crippen LogP contribution >= 0.6 is 0 Å². The molecule has 0 bridgehead atoms. The fraction of sp³-hybridized carbons (Fsp3) is 0.727. The number of methoxy groups -OCH3 is 1. The molecule has 0 saturated heterocycles. The van der Waals surface area contributed by atoms with Crippen LogP contribution in [0.4, 0.5) is 0 Å². The first-order chi connectivity index (χ1) is 6.49. The summed E-state index contributed by atoms with van der Waals surface area (Å²) >= 11 is 0. The fourth-order valence-electron chi connectivity index (χ4n) is 1.70. The van der Waals surface area contributed by atoms with Gasteiger partial charge in [0.1, 0.15) is 0 Å². The second-order valence-corrected chi connectivity index (χ2v) is 3.97. The molecule has 0 aromatic rings. The van der Waals surface area contributed by atoms with Gasteiger partial charge in [-0.15, -0.1) is 0 Å². The monoisotopic (exact) mass is 198 g/mol. The highest BCUT2D eigenvalue weighted by molar-refractivity contribution is 5.87. The van der Waals surface area contributed by atoms with Crippen molar-refractivity contribution in [1.29, 1.82) is 0 Å². The average Bonchev–Trinajstić information content (AvgIpc) is 2.19. The molecule has 1 aliphatic heterocycles. The van der Waals surface area contributed by atoms with Crippen LogP contribution in [0, 0.1) is 11.8 Å². The number of ether oxygens (including phenoxy) is 2. The van der Waals surface area contributed by atoms with Crippen LogP contribution in [0.1, 0.15) is 27.7 Å². The highest BCUT2D eigenvalue weighted by Gasteiger charge is 2.33. The van der Waals surface area contributed by atoms with Gasteiger partial charge in [0.25, 0.3) is 0 Å². The van der Waals surface area contributed by atoms with E-state index in [9.17, 15) is 4.79 Å². The summed E-state index contributed by atoms with van der Waals surface area (Å²) in [6.45, 7) is 8.16. The lowest BCUT2D eigenvalue weighted by Crippen LogP contribution is -2.33. The first kappa shape index (κ1) is 11.1. The molecule has 0 aliphatic carbocycles. The molecule has 0 fully saturated rings. The molecule has 1 aliphatic rings. The van der Waals surface area contributed by atoms with Crippen LogP contribution in [0.2, 0.25) is 0 Å². The Morgan fingerprint density at radius 1 is 1.36 bits per heavy atom. The lowest BCUT2D eigenvalue weighted by molar-refractivity contribution is -0.143. The Morgan fingerprint density at radius 2 is 1.93 bits per heavy atom. The Morgan fingerprint density at radius 3 is 2.43 bits per heavy atom. The number of hydrogen-bond donors (Lipinski definition) is 0. The molecule has 0 amide bonds. The third-order valence-electron chi connectivity index (χ3n) is 3.24. The van der Waals surface area contributed by atoms with E-state index in [1.807, 2.05) is 13.8 Å². The Hall–Kier alpha value is -0.990. The van der Waals surface area contributed by atoms with Crippen LogP contribution < -0.4 is 0 Å². The van der Waals surface area contributed by atoms with Gasteiger partial charge in [-0.2, -0.15) is 0 Å². The normalized spacial score (nSPS) is 32.5. The molecule has 0 aromatic heterocycles. The summed E-state index contributed by atoms with van der Waals surface area (Å²) in [7, 11) is 1.37. The van der Waals surface area contributed by atoms with E-state index in [2.05, 4.69) is 18.6 Å². The maximum Gasteiger partial charge on any atom is 0.373 e. The summed E-state index contributed by atoms with van der Waals surface area (Å²) in [5.41, 5.74) is 0.988. The van der Waals surface area contributed by atoms with Crippen molar-refractivity contribution in [2.45, 2.75) is 33.8 Å². The average molecular weight is 198 g/mol. The molecule has 0 aromatic carbocycles. The van der Waals surface area contributed by atoms with Gasteiger partial charge in [-0.1, -0.05) is 13.8 Å². The van der Waals surface area contributed by atoms with Gasteiger partial charge in [-0.05, 0) is 31.3 Å². The van der Waals surface area contributed by atoms with E-state index in [4.69, 9.17) is 4.74 Å². The van der Waals surface area contributed by atoms with Gasteiger partial charge in [0.05, 0.1) is 13.2 Å². The maximum absolute atomic E-state index is 11.4. The molecule has 3 nitrogen and oxygen atoms in total. The zero-order valence-electron chi connectivity index (χ0n) is 9.46. The first-order valence-corrected chi connectivity index (χ1v) is 4.94. The van der Waals surface area contributed by atoms with Gasteiger partial charge >= 0.3 is 5.97 Å². The summed E-state index contributed by atoms with van der Waals surface area (Å²) < 4.78 is 10.2. The van der Waals surface area contributed by atoms with E-state index in [0.29, 0.717) is 17.6 Å². The van der Waals surface area contributed by atoms with Crippen molar-refractivity contribution < 1.29 is 14.3 Å². The molecular formula is C11H18O3. The Bertz CT molecular complexity index is 268. The molecule has 0 saturated carbocycles. The molecule has 0 spiro atoms. The van der Waals surface area contributed by atoms with E-state index >= 15 is 0 Å². The first-order valence-electron chi connectivity index (χ1n) is 4.94. The SMILES string of the molecule is COC(=O)C1=C(C)[C@H](C)[C@@H](C)[C@H](C)O1. The number of allylic oxidation sites excluding steroid dienone is 1. The predicted octanol–water partition coefficient (Wildman–Crippen LogP) is 2.12. The van der Waals surface area contributed by atoms with E-state index in [1.54, 1.807) is 0 Å². The Kier molecular flexibility index (Phi) is 3.19. The van der Waals surface area contributed by atoms with Gasteiger partial charge in [0, 0.05) is 0 Å². The van der Waals surface area contributed by atoms with Crippen LogP contribution in [0.3, 0.4) is 0 Å². The minimum absolute atomic E-state index is 0.0720. The van der Waals surface area contributed by atoms with Crippen molar-refractivity contribution in [3.63, 3.8) is 0 Å². The van der Waals surface area contributed by atoms with E-state index < -0.39 is 0 Å².